The van der Waals surface area contributed by atoms with Crippen LogP contribution in [0.2, 0.25) is 0 Å². The van der Waals surface area contributed by atoms with E-state index in [1.54, 1.807) is 12.1 Å². The second-order valence-corrected chi connectivity index (χ2v) is 5.92. The van der Waals surface area contributed by atoms with Crippen molar-refractivity contribution in [3.8, 4) is 0 Å². The average molecular weight is 361 g/mol. The van der Waals surface area contributed by atoms with E-state index in [1.165, 1.54) is 18.2 Å². The number of amides is 1. The SMILES string of the molecule is CC(=O)N1CC(c2cccc(Br)c2)C(C(=O)c2ccco2)=N1. The number of carbonyl (C=O) groups is 2. The summed E-state index contributed by atoms with van der Waals surface area (Å²) in [4.78, 5) is 24.2. The molecule has 0 radical (unpaired) electrons. The Hall–Kier alpha value is -2.21. The van der Waals surface area contributed by atoms with Crippen LogP contribution >= 0.6 is 15.9 Å². The number of furan rings is 1. The summed E-state index contributed by atoms with van der Waals surface area (Å²) in [6.07, 6.45) is 1.44. The first-order valence-corrected chi connectivity index (χ1v) is 7.56. The van der Waals surface area contributed by atoms with Crippen LogP contribution in [0.3, 0.4) is 0 Å². The highest BCUT2D eigenvalue weighted by atomic mass is 79.9. The fraction of sp³-hybridized carbons (Fsp3) is 0.188. The van der Waals surface area contributed by atoms with Crippen molar-refractivity contribution in [3.63, 3.8) is 0 Å². The van der Waals surface area contributed by atoms with E-state index in [4.69, 9.17) is 4.42 Å². The van der Waals surface area contributed by atoms with Crippen LogP contribution in [0, 0.1) is 0 Å². The van der Waals surface area contributed by atoms with E-state index in [9.17, 15) is 9.59 Å². The number of halogens is 1. The van der Waals surface area contributed by atoms with Gasteiger partial charge in [0.15, 0.2) is 5.76 Å². The van der Waals surface area contributed by atoms with Crippen molar-refractivity contribution in [2.24, 2.45) is 5.10 Å². The summed E-state index contributed by atoms with van der Waals surface area (Å²) < 4.78 is 6.08. The number of hydrogen-bond donors (Lipinski definition) is 0. The second kappa shape index (κ2) is 5.88. The largest absolute Gasteiger partial charge is 0.461 e. The van der Waals surface area contributed by atoms with E-state index in [2.05, 4.69) is 21.0 Å². The van der Waals surface area contributed by atoms with E-state index in [1.807, 2.05) is 24.3 Å². The quantitative estimate of drug-likeness (QED) is 0.789. The van der Waals surface area contributed by atoms with Crippen molar-refractivity contribution in [2.75, 3.05) is 6.54 Å². The molecule has 0 N–H and O–H groups in total. The molecule has 0 fully saturated rings. The molecular weight excluding hydrogens is 348 g/mol. The van der Waals surface area contributed by atoms with E-state index < -0.39 is 0 Å². The minimum atomic E-state index is -0.293. The van der Waals surface area contributed by atoms with Gasteiger partial charge in [-0.25, -0.2) is 5.01 Å². The number of rotatable bonds is 3. The zero-order valence-corrected chi connectivity index (χ0v) is 13.4. The van der Waals surface area contributed by atoms with E-state index in [-0.39, 0.29) is 23.4 Å². The van der Waals surface area contributed by atoms with E-state index in [0.29, 0.717) is 12.3 Å². The third-order valence-corrected chi connectivity index (χ3v) is 4.00. The molecule has 1 amide bonds. The highest BCUT2D eigenvalue weighted by Gasteiger charge is 2.35. The predicted octanol–water partition coefficient (Wildman–Crippen LogP) is 3.23. The number of ketones is 1. The molecule has 6 heteroatoms. The third kappa shape index (κ3) is 2.74. The lowest BCUT2D eigenvalue weighted by Gasteiger charge is -2.13. The maximum Gasteiger partial charge on any atom is 0.244 e. The van der Waals surface area contributed by atoms with Gasteiger partial charge in [-0.15, -0.1) is 0 Å². The maximum atomic E-state index is 12.6. The Morgan fingerprint density at radius 3 is 2.77 bits per heavy atom. The Morgan fingerprint density at radius 2 is 2.14 bits per heavy atom. The molecule has 1 aliphatic heterocycles. The van der Waals surface area contributed by atoms with Crippen molar-refractivity contribution in [1.29, 1.82) is 0 Å². The monoisotopic (exact) mass is 360 g/mol. The fourth-order valence-electron chi connectivity index (χ4n) is 2.42. The molecule has 1 aliphatic rings. The van der Waals surface area contributed by atoms with Crippen molar-refractivity contribution >= 4 is 33.3 Å². The van der Waals surface area contributed by atoms with Gasteiger partial charge in [0, 0.05) is 11.4 Å². The molecule has 112 valence electrons. The number of hydrogen-bond acceptors (Lipinski definition) is 4. The number of nitrogens with zero attached hydrogens (tertiary/aromatic N) is 2. The Kier molecular flexibility index (Phi) is 3.94. The highest BCUT2D eigenvalue weighted by molar-refractivity contribution is 9.10. The minimum Gasteiger partial charge on any atom is -0.461 e. The minimum absolute atomic E-state index is 0.192. The normalized spacial score (nSPS) is 17.5. The van der Waals surface area contributed by atoms with Gasteiger partial charge >= 0.3 is 0 Å². The predicted molar refractivity (Wildman–Crippen MR) is 84.7 cm³/mol. The summed E-state index contributed by atoms with van der Waals surface area (Å²) in [6, 6.07) is 10.9. The van der Waals surface area contributed by atoms with Gasteiger partial charge in [-0.1, -0.05) is 28.1 Å². The van der Waals surface area contributed by atoms with Crippen LogP contribution < -0.4 is 0 Å². The van der Waals surface area contributed by atoms with Crippen LogP contribution in [-0.4, -0.2) is 29.0 Å². The lowest BCUT2D eigenvalue weighted by molar-refractivity contribution is -0.128. The molecular formula is C16H13BrN2O3. The van der Waals surface area contributed by atoms with Crippen molar-refractivity contribution in [2.45, 2.75) is 12.8 Å². The topological polar surface area (TPSA) is 62.9 Å². The Bertz CT molecular complexity index is 753. The van der Waals surface area contributed by atoms with Gasteiger partial charge in [-0.3, -0.25) is 9.59 Å². The number of benzene rings is 1. The number of Topliss-reactive ketones (excluding diaryl/α,β-unsaturated/α-hetero) is 1. The second-order valence-electron chi connectivity index (χ2n) is 5.00. The van der Waals surface area contributed by atoms with Gasteiger partial charge in [0.1, 0.15) is 5.71 Å². The van der Waals surface area contributed by atoms with Gasteiger partial charge in [0.2, 0.25) is 11.7 Å². The molecule has 1 atom stereocenters. The molecule has 1 aromatic carbocycles. The smallest absolute Gasteiger partial charge is 0.244 e. The lowest BCUT2D eigenvalue weighted by atomic mass is 9.92. The Balaban J connectivity index is 2.00. The summed E-state index contributed by atoms with van der Waals surface area (Å²) >= 11 is 3.43. The average Bonchev–Trinajstić information content (AvgIpc) is 3.16. The van der Waals surface area contributed by atoms with Crippen molar-refractivity contribution < 1.29 is 14.0 Å². The molecule has 5 nitrogen and oxygen atoms in total. The van der Waals surface area contributed by atoms with Crippen LogP contribution in [-0.2, 0) is 4.79 Å². The first-order valence-electron chi connectivity index (χ1n) is 6.76. The molecule has 22 heavy (non-hydrogen) atoms. The summed E-state index contributed by atoms with van der Waals surface area (Å²) in [6.45, 7) is 1.79. The molecule has 1 aromatic heterocycles. The van der Waals surface area contributed by atoms with Gasteiger partial charge < -0.3 is 4.42 Å². The summed E-state index contributed by atoms with van der Waals surface area (Å²) in [7, 11) is 0. The Labute approximate surface area is 135 Å². The molecule has 0 saturated heterocycles. The number of hydrazone groups is 1. The van der Waals surface area contributed by atoms with Gasteiger partial charge in [0.25, 0.3) is 0 Å². The maximum absolute atomic E-state index is 12.6. The van der Waals surface area contributed by atoms with Crippen LogP contribution in [0.15, 0.2) is 56.7 Å². The molecule has 0 bridgehead atoms. The zero-order valence-electron chi connectivity index (χ0n) is 11.8. The van der Waals surface area contributed by atoms with Gasteiger partial charge in [-0.2, -0.15) is 5.10 Å². The van der Waals surface area contributed by atoms with Crippen LogP contribution in [0.25, 0.3) is 0 Å². The van der Waals surface area contributed by atoms with Crippen molar-refractivity contribution in [3.05, 3.63) is 58.5 Å². The lowest BCUT2D eigenvalue weighted by Crippen LogP contribution is -2.24. The van der Waals surface area contributed by atoms with E-state index >= 15 is 0 Å². The molecule has 2 heterocycles. The summed E-state index contributed by atoms with van der Waals surface area (Å²) in [5.74, 6) is -0.524. The molecule has 0 spiro atoms. The molecule has 3 rings (SSSR count). The third-order valence-electron chi connectivity index (χ3n) is 3.51. The van der Waals surface area contributed by atoms with Gasteiger partial charge in [-0.05, 0) is 29.8 Å². The van der Waals surface area contributed by atoms with Crippen molar-refractivity contribution in [1.82, 2.24) is 5.01 Å². The summed E-state index contributed by atoms with van der Waals surface area (Å²) in [5.41, 5.74) is 1.25. The molecule has 0 saturated carbocycles. The van der Waals surface area contributed by atoms with Crippen LogP contribution in [0.5, 0.6) is 0 Å². The first kappa shape index (κ1) is 14.7. The first-order chi connectivity index (χ1) is 10.6. The standard InChI is InChI=1S/C16H13BrN2O3/c1-10(20)19-9-13(11-4-2-5-12(17)8-11)15(18-19)16(21)14-6-3-7-22-14/h2-8,13H,9H2,1H3. The zero-order chi connectivity index (χ0) is 15.7. The molecule has 1 unspecified atom stereocenters. The fourth-order valence-corrected chi connectivity index (χ4v) is 2.84. The number of carbonyl (C=O) groups excluding carboxylic acids is 2. The highest BCUT2D eigenvalue weighted by Crippen LogP contribution is 2.29. The van der Waals surface area contributed by atoms with Crippen LogP contribution in [0.1, 0.15) is 29.0 Å². The molecule has 2 aromatic rings. The molecule has 0 aliphatic carbocycles. The van der Waals surface area contributed by atoms with Gasteiger partial charge in [0.05, 0.1) is 18.7 Å². The summed E-state index contributed by atoms with van der Waals surface area (Å²) in [5, 5.41) is 5.53. The van der Waals surface area contributed by atoms with E-state index in [0.717, 1.165) is 10.0 Å². The van der Waals surface area contributed by atoms with Crippen LogP contribution in [0.4, 0.5) is 0 Å². The Morgan fingerprint density at radius 1 is 1.32 bits per heavy atom.